The highest BCUT2D eigenvalue weighted by Gasteiger charge is 2.24. The van der Waals surface area contributed by atoms with Gasteiger partial charge in [-0.25, -0.2) is 4.98 Å². The lowest BCUT2D eigenvalue weighted by molar-refractivity contribution is 0.100. The van der Waals surface area contributed by atoms with Crippen LogP contribution in [0.5, 0.6) is 0 Å². The van der Waals surface area contributed by atoms with E-state index in [9.17, 15) is 9.59 Å². The molecule has 0 atom stereocenters. The molecule has 5 rings (SSSR count). The van der Waals surface area contributed by atoms with Crippen LogP contribution >= 0.6 is 22.7 Å². The molecular weight excluding hydrogens is 440 g/mol. The van der Waals surface area contributed by atoms with E-state index in [4.69, 9.17) is 16.5 Å². The Balaban J connectivity index is 1.50. The number of nitrogens with two attached hydrogens (primary N) is 2. The lowest BCUT2D eigenvalue weighted by Crippen LogP contribution is -2.17. The van der Waals surface area contributed by atoms with Gasteiger partial charge in [0.2, 0.25) is 0 Å². The van der Waals surface area contributed by atoms with Gasteiger partial charge in [0.25, 0.3) is 11.8 Å². The van der Waals surface area contributed by atoms with Crippen molar-refractivity contribution >= 4 is 55.4 Å². The number of hydrogen-bond donors (Lipinski definition) is 3. The number of fused-ring (bicyclic) bond motifs is 2. The molecule has 6 nitrogen and oxygen atoms in total. The van der Waals surface area contributed by atoms with Crippen molar-refractivity contribution in [2.24, 2.45) is 5.73 Å². The van der Waals surface area contributed by atoms with Crippen LogP contribution in [-0.4, -0.2) is 16.8 Å². The molecule has 5 N–H and O–H groups in total. The monoisotopic (exact) mass is 462 g/mol. The number of aryl methyl sites for hydroxylation is 2. The average molecular weight is 463 g/mol. The summed E-state index contributed by atoms with van der Waals surface area (Å²) in [7, 11) is 0. The molecule has 0 radical (unpaired) electrons. The minimum Gasteiger partial charge on any atom is -0.397 e. The highest BCUT2D eigenvalue weighted by molar-refractivity contribution is 7.21. The van der Waals surface area contributed by atoms with Gasteiger partial charge in [-0.3, -0.25) is 9.59 Å². The van der Waals surface area contributed by atoms with E-state index in [0.29, 0.717) is 26.7 Å². The Morgan fingerprint density at radius 2 is 1.84 bits per heavy atom. The molecule has 1 aliphatic carbocycles. The first-order valence-corrected chi connectivity index (χ1v) is 12.2. The fourth-order valence-electron chi connectivity index (χ4n) is 4.19. The molecule has 0 fully saturated rings. The number of benzene rings is 1. The number of amides is 2. The van der Waals surface area contributed by atoms with Crippen molar-refractivity contribution < 1.29 is 9.59 Å². The van der Waals surface area contributed by atoms with Gasteiger partial charge in [0, 0.05) is 22.0 Å². The smallest absolute Gasteiger partial charge is 0.268 e. The maximum Gasteiger partial charge on any atom is 0.268 e. The summed E-state index contributed by atoms with van der Waals surface area (Å²) in [5.74, 6) is -0.945. The summed E-state index contributed by atoms with van der Waals surface area (Å²) in [6.45, 7) is 0. The van der Waals surface area contributed by atoms with E-state index in [1.807, 2.05) is 35.7 Å². The number of thiophene rings is 2. The topological polar surface area (TPSA) is 111 Å². The number of pyridine rings is 1. The predicted molar refractivity (Wildman–Crippen MR) is 132 cm³/mol. The van der Waals surface area contributed by atoms with Gasteiger partial charge in [-0.1, -0.05) is 36.8 Å². The summed E-state index contributed by atoms with van der Waals surface area (Å²) in [6.07, 6.45) is 5.45. The van der Waals surface area contributed by atoms with Crippen LogP contribution in [0.4, 0.5) is 10.7 Å². The van der Waals surface area contributed by atoms with Crippen LogP contribution < -0.4 is 16.8 Å². The van der Waals surface area contributed by atoms with Gasteiger partial charge in [-0.2, -0.15) is 0 Å². The Kier molecular flexibility index (Phi) is 5.40. The number of rotatable bonds is 4. The normalized spacial score (nSPS) is 13.5. The fraction of sp³-hybridized carbons (Fsp3) is 0.208. The average Bonchev–Trinajstić information content (AvgIpc) is 3.26. The van der Waals surface area contributed by atoms with E-state index in [1.165, 1.54) is 34.7 Å². The summed E-state index contributed by atoms with van der Waals surface area (Å²) in [5, 5.41) is 5.94. The van der Waals surface area contributed by atoms with Gasteiger partial charge in [-0.15, -0.1) is 22.7 Å². The van der Waals surface area contributed by atoms with Crippen molar-refractivity contribution in [3.05, 3.63) is 63.5 Å². The number of nitrogen functional groups attached to an aromatic ring is 1. The Hall–Kier alpha value is -3.23. The highest BCUT2D eigenvalue weighted by atomic mass is 32.1. The first kappa shape index (κ1) is 20.7. The van der Waals surface area contributed by atoms with Gasteiger partial charge < -0.3 is 16.8 Å². The Morgan fingerprint density at radius 3 is 2.62 bits per heavy atom. The lowest BCUT2D eigenvalue weighted by atomic mass is 10.0. The molecule has 162 valence electrons. The molecule has 0 aliphatic heterocycles. The van der Waals surface area contributed by atoms with Gasteiger partial charge in [0.1, 0.15) is 14.7 Å². The zero-order chi connectivity index (χ0) is 22.2. The molecule has 1 aliphatic rings. The molecule has 0 bridgehead atoms. The van der Waals surface area contributed by atoms with Crippen molar-refractivity contribution in [1.29, 1.82) is 0 Å². The summed E-state index contributed by atoms with van der Waals surface area (Å²) in [6, 6.07) is 11.6. The predicted octanol–water partition coefficient (Wildman–Crippen LogP) is 5.23. The van der Waals surface area contributed by atoms with Crippen LogP contribution in [0.3, 0.4) is 0 Å². The van der Waals surface area contributed by atoms with E-state index < -0.39 is 5.91 Å². The summed E-state index contributed by atoms with van der Waals surface area (Å²) in [4.78, 5) is 31.4. The van der Waals surface area contributed by atoms with Gasteiger partial charge in [0.05, 0.1) is 11.3 Å². The summed E-state index contributed by atoms with van der Waals surface area (Å²) < 4.78 is 0. The van der Waals surface area contributed by atoms with Gasteiger partial charge in [-0.05, 0) is 42.9 Å². The molecule has 4 aromatic rings. The van der Waals surface area contributed by atoms with Crippen LogP contribution in [-0.2, 0) is 12.8 Å². The molecule has 0 unspecified atom stereocenters. The minimum absolute atomic E-state index is 0.305. The third-order valence-electron chi connectivity index (χ3n) is 5.80. The third kappa shape index (κ3) is 3.65. The number of nitrogens with one attached hydrogen (secondary N) is 1. The molecule has 0 saturated heterocycles. The number of carbonyl (C=O) groups is 2. The van der Waals surface area contributed by atoms with Crippen LogP contribution in [0.25, 0.3) is 21.3 Å². The fourth-order valence-corrected chi connectivity index (χ4v) is 6.15. The number of hydrogen-bond acceptors (Lipinski definition) is 6. The second-order valence-corrected chi connectivity index (χ2v) is 9.77. The largest absolute Gasteiger partial charge is 0.397 e. The molecular formula is C24H22N4O2S2. The van der Waals surface area contributed by atoms with E-state index in [-0.39, 0.29) is 5.91 Å². The maximum absolute atomic E-state index is 13.1. The van der Waals surface area contributed by atoms with Crippen molar-refractivity contribution in [2.45, 2.75) is 32.1 Å². The summed E-state index contributed by atoms with van der Waals surface area (Å²) >= 11 is 2.56. The molecule has 32 heavy (non-hydrogen) atoms. The van der Waals surface area contributed by atoms with Crippen molar-refractivity contribution in [3.8, 4) is 11.1 Å². The zero-order valence-corrected chi connectivity index (χ0v) is 18.9. The Bertz CT molecular complexity index is 1340. The quantitative estimate of drug-likeness (QED) is 0.361. The molecule has 0 spiro atoms. The first-order chi connectivity index (χ1) is 15.5. The molecule has 8 heteroatoms. The van der Waals surface area contributed by atoms with Crippen molar-refractivity contribution in [2.75, 3.05) is 11.1 Å². The molecule has 3 heterocycles. The second-order valence-electron chi connectivity index (χ2n) is 7.89. The Morgan fingerprint density at radius 1 is 1.06 bits per heavy atom. The van der Waals surface area contributed by atoms with Crippen LogP contribution in [0.2, 0.25) is 0 Å². The van der Waals surface area contributed by atoms with E-state index >= 15 is 0 Å². The standard InChI is InChI=1S/C24H22N4O2S2/c25-19-15-11-14-9-5-2-6-10-17(14)27-23(15)32-20(19)22(30)28-24-18(21(26)29)16(12-31-24)13-7-3-1-4-8-13/h1,3-4,7-8,11-12H,2,5-6,9-10,25H2,(H2,26,29)(H,28,30). The number of anilines is 2. The first-order valence-electron chi connectivity index (χ1n) is 10.5. The number of aromatic nitrogens is 1. The van der Waals surface area contributed by atoms with Crippen LogP contribution in [0.15, 0.2) is 41.8 Å². The van der Waals surface area contributed by atoms with Crippen molar-refractivity contribution in [1.82, 2.24) is 4.98 Å². The van der Waals surface area contributed by atoms with E-state index in [1.54, 1.807) is 0 Å². The zero-order valence-electron chi connectivity index (χ0n) is 17.3. The molecule has 3 aromatic heterocycles. The van der Waals surface area contributed by atoms with Crippen LogP contribution in [0.1, 0.15) is 50.5 Å². The number of primary amides is 1. The molecule has 2 amide bonds. The lowest BCUT2D eigenvalue weighted by Gasteiger charge is -2.06. The SMILES string of the molecule is NC(=O)c1c(-c2ccccc2)csc1NC(=O)c1sc2nc3c(cc2c1N)CCCCC3. The maximum atomic E-state index is 13.1. The number of nitrogens with zero attached hydrogens (tertiary/aromatic N) is 1. The molecule has 0 saturated carbocycles. The third-order valence-corrected chi connectivity index (χ3v) is 7.81. The van der Waals surface area contributed by atoms with Crippen LogP contribution in [0, 0.1) is 0 Å². The Labute approximate surface area is 193 Å². The van der Waals surface area contributed by atoms with Crippen molar-refractivity contribution in [3.63, 3.8) is 0 Å². The minimum atomic E-state index is -0.588. The van der Waals surface area contributed by atoms with Gasteiger partial charge in [0.15, 0.2) is 0 Å². The second kappa shape index (κ2) is 8.37. The van der Waals surface area contributed by atoms with E-state index in [2.05, 4.69) is 11.4 Å². The highest BCUT2D eigenvalue weighted by Crippen LogP contribution is 2.38. The summed E-state index contributed by atoms with van der Waals surface area (Å²) in [5.41, 5.74) is 16.7. The van der Waals surface area contributed by atoms with E-state index in [0.717, 1.165) is 47.2 Å². The van der Waals surface area contributed by atoms with Gasteiger partial charge >= 0.3 is 0 Å². The number of carbonyl (C=O) groups excluding carboxylic acids is 2. The molecule has 1 aromatic carbocycles.